The first-order valence-electron chi connectivity index (χ1n) is 5.03. The molecule has 12 heavy (non-hydrogen) atoms. The summed E-state index contributed by atoms with van der Waals surface area (Å²) >= 11 is 0. The van der Waals surface area contributed by atoms with Gasteiger partial charge in [-0.15, -0.1) is 0 Å². The van der Waals surface area contributed by atoms with Crippen molar-refractivity contribution in [3.8, 4) is 0 Å². The van der Waals surface area contributed by atoms with Crippen molar-refractivity contribution in [3.05, 3.63) is 0 Å². The Kier molecular flexibility index (Phi) is 5.56. The van der Waals surface area contributed by atoms with E-state index in [2.05, 4.69) is 34.6 Å². The molecular formula is C11H24O. The molecule has 0 bridgehead atoms. The van der Waals surface area contributed by atoms with E-state index in [1.807, 2.05) is 0 Å². The SMILES string of the molecule is CC(C)OCCCCC(C)(C)C. The predicted molar refractivity (Wildman–Crippen MR) is 54.4 cm³/mol. The van der Waals surface area contributed by atoms with Crippen molar-refractivity contribution < 1.29 is 4.74 Å². The Labute approximate surface area is 77.5 Å². The van der Waals surface area contributed by atoms with Crippen molar-refractivity contribution in [1.29, 1.82) is 0 Å². The quantitative estimate of drug-likeness (QED) is 0.575. The van der Waals surface area contributed by atoms with E-state index in [1.54, 1.807) is 0 Å². The number of rotatable bonds is 5. The summed E-state index contributed by atoms with van der Waals surface area (Å²) in [6.45, 7) is 12.0. The first-order valence-corrected chi connectivity index (χ1v) is 5.03. The Hall–Kier alpha value is -0.0400. The summed E-state index contributed by atoms with van der Waals surface area (Å²) in [5, 5.41) is 0. The van der Waals surface area contributed by atoms with Crippen molar-refractivity contribution in [2.24, 2.45) is 5.41 Å². The maximum absolute atomic E-state index is 5.46. The Morgan fingerprint density at radius 2 is 1.67 bits per heavy atom. The first-order chi connectivity index (χ1) is 5.42. The minimum atomic E-state index is 0.389. The van der Waals surface area contributed by atoms with Crippen LogP contribution in [0.4, 0.5) is 0 Å². The van der Waals surface area contributed by atoms with Crippen LogP contribution in [0.1, 0.15) is 53.9 Å². The molecule has 1 nitrogen and oxygen atoms in total. The third-order valence-corrected chi connectivity index (χ3v) is 1.77. The van der Waals surface area contributed by atoms with E-state index in [-0.39, 0.29) is 0 Å². The van der Waals surface area contributed by atoms with Gasteiger partial charge in [0.05, 0.1) is 6.10 Å². The fourth-order valence-corrected chi connectivity index (χ4v) is 1.08. The molecule has 0 fully saturated rings. The zero-order chi connectivity index (χ0) is 9.61. The van der Waals surface area contributed by atoms with Gasteiger partial charge >= 0.3 is 0 Å². The summed E-state index contributed by atoms with van der Waals surface area (Å²) < 4.78 is 5.46. The van der Waals surface area contributed by atoms with E-state index in [1.165, 1.54) is 19.3 Å². The summed E-state index contributed by atoms with van der Waals surface area (Å²) in [6, 6.07) is 0. The number of ether oxygens (including phenoxy) is 1. The molecule has 0 atom stereocenters. The van der Waals surface area contributed by atoms with E-state index < -0.39 is 0 Å². The van der Waals surface area contributed by atoms with E-state index in [0.29, 0.717) is 11.5 Å². The Bertz CT molecular complexity index is 100. The van der Waals surface area contributed by atoms with Gasteiger partial charge in [-0.2, -0.15) is 0 Å². The smallest absolute Gasteiger partial charge is 0.0518 e. The summed E-state index contributed by atoms with van der Waals surface area (Å²) in [7, 11) is 0. The van der Waals surface area contributed by atoms with Gasteiger partial charge in [0.25, 0.3) is 0 Å². The monoisotopic (exact) mass is 172 g/mol. The van der Waals surface area contributed by atoms with Gasteiger partial charge in [-0.3, -0.25) is 0 Å². The molecule has 0 heterocycles. The molecular weight excluding hydrogens is 148 g/mol. The maximum atomic E-state index is 5.46. The molecule has 0 spiro atoms. The number of hydrogen-bond acceptors (Lipinski definition) is 1. The van der Waals surface area contributed by atoms with Crippen LogP contribution < -0.4 is 0 Å². The molecule has 74 valence electrons. The van der Waals surface area contributed by atoms with Gasteiger partial charge < -0.3 is 4.74 Å². The van der Waals surface area contributed by atoms with Gasteiger partial charge in [0.15, 0.2) is 0 Å². The lowest BCUT2D eigenvalue weighted by Gasteiger charge is -2.17. The highest BCUT2D eigenvalue weighted by atomic mass is 16.5. The highest BCUT2D eigenvalue weighted by Crippen LogP contribution is 2.21. The van der Waals surface area contributed by atoms with Gasteiger partial charge in [0.1, 0.15) is 0 Å². The zero-order valence-corrected chi connectivity index (χ0v) is 9.31. The summed E-state index contributed by atoms with van der Waals surface area (Å²) in [5.74, 6) is 0. The van der Waals surface area contributed by atoms with E-state index >= 15 is 0 Å². The molecule has 0 amide bonds. The summed E-state index contributed by atoms with van der Waals surface area (Å²) in [5.41, 5.74) is 0.484. The summed E-state index contributed by atoms with van der Waals surface area (Å²) in [4.78, 5) is 0. The normalized spacial score (nSPS) is 12.5. The Morgan fingerprint density at radius 3 is 2.08 bits per heavy atom. The average Bonchev–Trinajstić information content (AvgIpc) is 1.83. The van der Waals surface area contributed by atoms with E-state index in [9.17, 15) is 0 Å². The number of unbranched alkanes of at least 4 members (excludes halogenated alkanes) is 1. The lowest BCUT2D eigenvalue weighted by molar-refractivity contribution is 0.0744. The topological polar surface area (TPSA) is 9.23 Å². The highest BCUT2D eigenvalue weighted by molar-refractivity contribution is 4.60. The van der Waals surface area contributed by atoms with Gasteiger partial charge in [-0.1, -0.05) is 27.2 Å². The van der Waals surface area contributed by atoms with Crippen LogP contribution in [0.15, 0.2) is 0 Å². The van der Waals surface area contributed by atoms with Crippen molar-refractivity contribution in [1.82, 2.24) is 0 Å². The van der Waals surface area contributed by atoms with E-state index in [0.717, 1.165) is 6.61 Å². The molecule has 0 saturated carbocycles. The molecule has 0 aliphatic rings. The van der Waals surface area contributed by atoms with Crippen LogP contribution in [0.25, 0.3) is 0 Å². The minimum absolute atomic E-state index is 0.389. The standard InChI is InChI=1S/C11H24O/c1-10(2)12-9-7-6-8-11(3,4)5/h10H,6-9H2,1-5H3. The molecule has 0 unspecified atom stereocenters. The molecule has 0 aliphatic carbocycles. The van der Waals surface area contributed by atoms with E-state index in [4.69, 9.17) is 4.74 Å². The van der Waals surface area contributed by atoms with Gasteiger partial charge in [-0.25, -0.2) is 0 Å². The van der Waals surface area contributed by atoms with Crippen molar-refractivity contribution in [2.45, 2.75) is 60.0 Å². The van der Waals surface area contributed by atoms with Crippen LogP contribution in [0.5, 0.6) is 0 Å². The molecule has 0 rings (SSSR count). The molecule has 0 aromatic rings. The van der Waals surface area contributed by atoms with Crippen LogP contribution in [0, 0.1) is 5.41 Å². The third kappa shape index (κ3) is 9.96. The predicted octanol–water partition coefficient (Wildman–Crippen LogP) is 3.63. The molecule has 0 aliphatic heterocycles. The first kappa shape index (κ1) is 12.0. The minimum Gasteiger partial charge on any atom is -0.379 e. The van der Waals surface area contributed by atoms with Crippen LogP contribution in [-0.4, -0.2) is 12.7 Å². The molecule has 1 heteroatoms. The highest BCUT2D eigenvalue weighted by Gasteiger charge is 2.08. The van der Waals surface area contributed by atoms with Gasteiger partial charge in [0, 0.05) is 6.61 Å². The molecule has 0 aromatic carbocycles. The number of hydrogen-bond donors (Lipinski definition) is 0. The Morgan fingerprint density at radius 1 is 1.08 bits per heavy atom. The molecule has 0 aromatic heterocycles. The zero-order valence-electron chi connectivity index (χ0n) is 9.31. The largest absolute Gasteiger partial charge is 0.379 e. The maximum Gasteiger partial charge on any atom is 0.0518 e. The van der Waals surface area contributed by atoms with Crippen LogP contribution in [0.2, 0.25) is 0 Å². The lowest BCUT2D eigenvalue weighted by atomic mass is 9.90. The van der Waals surface area contributed by atoms with Crippen LogP contribution in [0.3, 0.4) is 0 Å². The average molecular weight is 172 g/mol. The van der Waals surface area contributed by atoms with Gasteiger partial charge in [-0.05, 0) is 32.1 Å². The molecule has 0 N–H and O–H groups in total. The van der Waals surface area contributed by atoms with Crippen molar-refractivity contribution in [2.75, 3.05) is 6.61 Å². The second-order valence-corrected chi connectivity index (χ2v) is 4.94. The second-order valence-electron chi connectivity index (χ2n) is 4.94. The lowest BCUT2D eigenvalue weighted by Crippen LogP contribution is -2.07. The van der Waals surface area contributed by atoms with Crippen molar-refractivity contribution in [3.63, 3.8) is 0 Å². The van der Waals surface area contributed by atoms with Crippen LogP contribution in [-0.2, 0) is 4.74 Å². The third-order valence-electron chi connectivity index (χ3n) is 1.77. The Balaban J connectivity index is 3.12. The van der Waals surface area contributed by atoms with Crippen LogP contribution >= 0.6 is 0 Å². The summed E-state index contributed by atoms with van der Waals surface area (Å²) in [6.07, 6.45) is 4.18. The fourth-order valence-electron chi connectivity index (χ4n) is 1.08. The fraction of sp³-hybridized carbons (Fsp3) is 1.00. The second kappa shape index (κ2) is 5.58. The van der Waals surface area contributed by atoms with Gasteiger partial charge in [0.2, 0.25) is 0 Å². The molecule has 0 radical (unpaired) electrons. The molecule has 0 saturated heterocycles. The van der Waals surface area contributed by atoms with Crippen molar-refractivity contribution >= 4 is 0 Å².